The number of carbonyl (C=O) groups excluding carboxylic acids is 2. The molecular formula is C18H15Cl2NO3. The molecule has 6 heteroatoms. The second kappa shape index (κ2) is 8.52. The fourth-order valence-corrected chi connectivity index (χ4v) is 2.26. The summed E-state index contributed by atoms with van der Waals surface area (Å²) in [5, 5.41) is 3.31. The third-order valence-electron chi connectivity index (χ3n) is 3.04. The van der Waals surface area contributed by atoms with E-state index in [4.69, 9.17) is 27.9 Å². The van der Waals surface area contributed by atoms with Crippen molar-refractivity contribution in [2.75, 3.05) is 11.9 Å². The van der Waals surface area contributed by atoms with E-state index < -0.39 is 18.5 Å². The first kappa shape index (κ1) is 18.0. The highest BCUT2D eigenvalue weighted by Gasteiger charge is 2.08. The summed E-state index contributed by atoms with van der Waals surface area (Å²) in [5.74, 6) is -1.09. The molecule has 2 aromatic carbocycles. The third kappa shape index (κ3) is 5.72. The second-order valence-electron chi connectivity index (χ2n) is 5.02. The van der Waals surface area contributed by atoms with Gasteiger partial charge in [0.05, 0.1) is 10.7 Å². The SMILES string of the molecule is Cc1ccc(/C=C/C(=O)OCC(=O)Nc2ccc(Cl)cc2Cl)cc1. The van der Waals surface area contributed by atoms with Gasteiger partial charge >= 0.3 is 5.97 Å². The Morgan fingerprint density at radius 2 is 1.83 bits per heavy atom. The van der Waals surface area contributed by atoms with Crippen molar-refractivity contribution < 1.29 is 14.3 Å². The molecule has 124 valence electrons. The molecule has 0 aromatic heterocycles. The maximum atomic E-state index is 11.8. The molecule has 0 spiro atoms. The number of hydrogen-bond donors (Lipinski definition) is 1. The van der Waals surface area contributed by atoms with Crippen molar-refractivity contribution in [2.45, 2.75) is 6.92 Å². The monoisotopic (exact) mass is 363 g/mol. The van der Waals surface area contributed by atoms with Crippen LogP contribution >= 0.6 is 23.2 Å². The first-order valence-electron chi connectivity index (χ1n) is 7.10. The lowest BCUT2D eigenvalue weighted by atomic mass is 10.1. The van der Waals surface area contributed by atoms with Crippen molar-refractivity contribution in [3.8, 4) is 0 Å². The lowest BCUT2D eigenvalue weighted by Crippen LogP contribution is -2.20. The second-order valence-corrected chi connectivity index (χ2v) is 5.87. The number of esters is 1. The number of halogens is 2. The lowest BCUT2D eigenvalue weighted by molar-refractivity contribution is -0.142. The molecule has 4 nitrogen and oxygen atoms in total. The molecule has 0 saturated carbocycles. The van der Waals surface area contributed by atoms with Crippen LogP contribution in [0.3, 0.4) is 0 Å². The summed E-state index contributed by atoms with van der Waals surface area (Å²) < 4.78 is 4.88. The Labute approximate surface area is 150 Å². The maximum absolute atomic E-state index is 11.8. The Morgan fingerprint density at radius 1 is 1.12 bits per heavy atom. The van der Waals surface area contributed by atoms with Crippen molar-refractivity contribution in [2.24, 2.45) is 0 Å². The van der Waals surface area contributed by atoms with Crippen LogP contribution in [0, 0.1) is 6.92 Å². The number of benzene rings is 2. The van der Waals surface area contributed by atoms with Crippen LogP contribution < -0.4 is 5.32 Å². The highest BCUT2D eigenvalue weighted by Crippen LogP contribution is 2.25. The zero-order chi connectivity index (χ0) is 17.5. The quantitative estimate of drug-likeness (QED) is 0.628. The van der Waals surface area contributed by atoms with Gasteiger partial charge in [0.1, 0.15) is 0 Å². The summed E-state index contributed by atoms with van der Waals surface area (Å²) in [5.41, 5.74) is 2.40. The van der Waals surface area contributed by atoms with Gasteiger partial charge in [-0.15, -0.1) is 0 Å². The van der Waals surface area contributed by atoms with E-state index in [1.807, 2.05) is 31.2 Å². The number of hydrogen-bond acceptors (Lipinski definition) is 3. The van der Waals surface area contributed by atoms with Gasteiger partial charge in [-0.2, -0.15) is 0 Å². The van der Waals surface area contributed by atoms with Crippen LogP contribution in [0.15, 0.2) is 48.5 Å². The molecule has 24 heavy (non-hydrogen) atoms. The summed E-state index contributed by atoms with van der Waals surface area (Å²) >= 11 is 11.7. The van der Waals surface area contributed by atoms with Crippen molar-refractivity contribution >= 4 is 46.8 Å². The Bertz CT molecular complexity index is 770. The molecular weight excluding hydrogens is 349 g/mol. The number of rotatable bonds is 5. The molecule has 0 aliphatic carbocycles. The van der Waals surface area contributed by atoms with Gasteiger partial charge in [-0.3, -0.25) is 4.79 Å². The van der Waals surface area contributed by atoms with E-state index in [9.17, 15) is 9.59 Å². The fourth-order valence-electron chi connectivity index (χ4n) is 1.80. The van der Waals surface area contributed by atoms with Crippen molar-refractivity contribution in [1.29, 1.82) is 0 Å². The minimum Gasteiger partial charge on any atom is -0.452 e. The molecule has 0 aliphatic heterocycles. The summed E-state index contributed by atoms with van der Waals surface area (Å²) in [6.45, 7) is 1.57. The minimum atomic E-state index is -0.604. The van der Waals surface area contributed by atoms with E-state index in [-0.39, 0.29) is 0 Å². The topological polar surface area (TPSA) is 55.4 Å². The fraction of sp³-hybridized carbons (Fsp3) is 0.111. The number of nitrogens with one attached hydrogen (secondary N) is 1. The zero-order valence-corrected chi connectivity index (χ0v) is 14.4. The summed E-state index contributed by atoms with van der Waals surface area (Å²) in [7, 11) is 0. The molecule has 0 bridgehead atoms. The van der Waals surface area contributed by atoms with Crippen LogP contribution in [0.1, 0.15) is 11.1 Å². The standard InChI is InChI=1S/C18H15Cl2NO3/c1-12-2-4-13(5-3-12)6-9-18(23)24-11-17(22)21-16-8-7-14(19)10-15(16)20/h2-10H,11H2,1H3,(H,21,22)/b9-6+. The Morgan fingerprint density at radius 3 is 2.50 bits per heavy atom. The smallest absolute Gasteiger partial charge is 0.331 e. The number of amides is 1. The van der Waals surface area contributed by atoms with Gasteiger partial charge in [0.25, 0.3) is 5.91 Å². The lowest BCUT2D eigenvalue weighted by Gasteiger charge is -2.07. The number of aryl methyl sites for hydroxylation is 1. The molecule has 2 rings (SSSR count). The summed E-state index contributed by atoms with van der Waals surface area (Å²) in [6.07, 6.45) is 2.89. The Kier molecular flexibility index (Phi) is 6.41. The molecule has 0 aliphatic rings. The normalized spacial score (nSPS) is 10.6. The molecule has 1 amide bonds. The van der Waals surface area contributed by atoms with Gasteiger partial charge in [0.15, 0.2) is 6.61 Å². The largest absolute Gasteiger partial charge is 0.452 e. The van der Waals surface area contributed by atoms with Crippen LogP contribution in [0.5, 0.6) is 0 Å². The van der Waals surface area contributed by atoms with E-state index in [0.29, 0.717) is 15.7 Å². The Hall–Kier alpha value is -2.30. The van der Waals surface area contributed by atoms with Crippen LogP contribution in [0.25, 0.3) is 6.08 Å². The summed E-state index contributed by atoms with van der Waals surface area (Å²) in [6, 6.07) is 12.3. The van der Waals surface area contributed by atoms with E-state index in [0.717, 1.165) is 11.1 Å². The molecule has 0 atom stereocenters. The first-order chi connectivity index (χ1) is 11.4. The average molecular weight is 364 g/mol. The minimum absolute atomic E-state index is 0.307. The number of ether oxygens (including phenoxy) is 1. The molecule has 0 saturated heterocycles. The third-order valence-corrected chi connectivity index (χ3v) is 3.59. The van der Waals surface area contributed by atoms with Crippen molar-refractivity contribution in [1.82, 2.24) is 0 Å². The molecule has 0 radical (unpaired) electrons. The van der Waals surface area contributed by atoms with E-state index in [1.165, 1.54) is 12.1 Å². The van der Waals surface area contributed by atoms with Crippen LogP contribution in [0.2, 0.25) is 10.0 Å². The van der Waals surface area contributed by atoms with Gasteiger partial charge in [-0.1, -0.05) is 53.0 Å². The first-order valence-corrected chi connectivity index (χ1v) is 7.86. The highest BCUT2D eigenvalue weighted by atomic mass is 35.5. The van der Waals surface area contributed by atoms with Gasteiger partial charge in [0.2, 0.25) is 0 Å². The Balaban J connectivity index is 1.82. The molecule has 0 heterocycles. The van der Waals surface area contributed by atoms with Gasteiger partial charge < -0.3 is 10.1 Å². The van der Waals surface area contributed by atoms with Gasteiger partial charge in [0, 0.05) is 11.1 Å². The van der Waals surface area contributed by atoms with Crippen molar-refractivity contribution in [3.05, 3.63) is 69.7 Å². The van der Waals surface area contributed by atoms with E-state index in [1.54, 1.807) is 18.2 Å². The van der Waals surface area contributed by atoms with Crippen LogP contribution in [0.4, 0.5) is 5.69 Å². The van der Waals surface area contributed by atoms with Crippen molar-refractivity contribution in [3.63, 3.8) is 0 Å². The predicted octanol–water partition coefficient (Wildman–Crippen LogP) is 4.50. The van der Waals surface area contributed by atoms with Gasteiger partial charge in [-0.25, -0.2) is 4.79 Å². The van der Waals surface area contributed by atoms with E-state index >= 15 is 0 Å². The number of anilines is 1. The summed E-state index contributed by atoms with van der Waals surface area (Å²) in [4.78, 5) is 23.4. The predicted molar refractivity (Wildman–Crippen MR) is 96.3 cm³/mol. The van der Waals surface area contributed by atoms with Crippen LogP contribution in [-0.4, -0.2) is 18.5 Å². The maximum Gasteiger partial charge on any atom is 0.331 e. The molecule has 0 unspecified atom stereocenters. The van der Waals surface area contributed by atoms with E-state index in [2.05, 4.69) is 5.32 Å². The molecule has 0 fully saturated rings. The molecule has 2 aromatic rings. The zero-order valence-electron chi connectivity index (χ0n) is 12.9. The number of carbonyl (C=O) groups is 2. The highest BCUT2D eigenvalue weighted by molar-refractivity contribution is 6.36. The average Bonchev–Trinajstić information content (AvgIpc) is 2.55. The molecule has 1 N–H and O–H groups in total. The van der Waals surface area contributed by atoms with Crippen LogP contribution in [-0.2, 0) is 14.3 Å². The van der Waals surface area contributed by atoms with Gasteiger partial charge in [-0.05, 0) is 36.8 Å².